The zero-order valence-corrected chi connectivity index (χ0v) is 11.5. The van der Waals surface area contributed by atoms with Gasteiger partial charge in [-0.15, -0.1) is 0 Å². The topological polar surface area (TPSA) is 49.3 Å². The Balaban J connectivity index is 2.91. The van der Waals surface area contributed by atoms with E-state index >= 15 is 0 Å². The number of hydrogen-bond donors (Lipinski definition) is 2. The summed E-state index contributed by atoms with van der Waals surface area (Å²) >= 11 is 3.12. The molecule has 0 heterocycles. The number of nitrogens with one attached hydrogen (secondary N) is 1. The quantitative estimate of drug-likeness (QED) is 0.901. The van der Waals surface area contributed by atoms with Crippen LogP contribution in [-0.4, -0.2) is 22.7 Å². The number of aliphatic hydroxyl groups is 1. The van der Waals surface area contributed by atoms with E-state index in [1.54, 1.807) is 20.8 Å². The Bertz CT molecular complexity index is 412. The molecule has 3 nitrogen and oxygen atoms in total. The van der Waals surface area contributed by atoms with Gasteiger partial charge in [-0.3, -0.25) is 4.79 Å². The van der Waals surface area contributed by atoms with Gasteiger partial charge < -0.3 is 10.4 Å². The molecule has 5 heteroatoms. The van der Waals surface area contributed by atoms with E-state index < -0.39 is 23.4 Å². The van der Waals surface area contributed by atoms with Crippen LogP contribution in [0.5, 0.6) is 0 Å². The first-order valence-electron chi connectivity index (χ1n) is 5.19. The van der Waals surface area contributed by atoms with Crippen molar-refractivity contribution in [2.75, 3.05) is 0 Å². The summed E-state index contributed by atoms with van der Waals surface area (Å²) in [5, 5.41) is 12.1. The molecule has 0 aromatic heterocycles. The van der Waals surface area contributed by atoms with E-state index in [9.17, 15) is 14.3 Å². The maximum absolute atomic E-state index is 13.1. The number of rotatable bonds is 3. The molecule has 1 unspecified atom stereocenters. The fourth-order valence-corrected chi connectivity index (χ4v) is 1.62. The van der Waals surface area contributed by atoms with Crippen LogP contribution in [0.2, 0.25) is 0 Å². The third-order valence-corrected chi connectivity index (χ3v) is 3.06. The summed E-state index contributed by atoms with van der Waals surface area (Å²) in [5.74, 6) is -0.907. The number of carbonyl (C=O) groups excluding carboxylic acids is 1. The lowest BCUT2D eigenvalue weighted by Crippen LogP contribution is -2.51. The van der Waals surface area contributed by atoms with Gasteiger partial charge in [0.25, 0.3) is 5.91 Å². The van der Waals surface area contributed by atoms with Crippen molar-refractivity contribution in [1.29, 1.82) is 0 Å². The van der Waals surface area contributed by atoms with Crippen LogP contribution in [0.3, 0.4) is 0 Å². The molecule has 0 fully saturated rings. The number of aliphatic hydroxyl groups excluding tert-OH is 1. The molecule has 0 aliphatic rings. The van der Waals surface area contributed by atoms with Crippen molar-refractivity contribution in [2.45, 2.75) is 32.4 Å². The van der Waals surface area contributed by atoms with Crippen molar-refractivity contribution < 1.29 is 14.3 Å². The van der Waals surface area contributed by atoms with Crippen molar-refractivity contribution in [1.82, 2.24) is 5.32 Å². The molecule has 1 aromatic carbocycles. The third kappa shape index (κ3) is 3.78. The molecule has 0 aliphatic carbocycles. The van der Waals surface area contributed by atoms with Crippen LogP contribution in [0.15, 0.2) is 22.7 Å². The summed E-state index contributed by atoms with van der Waals surface area (Å²) in [6.45, 7) is 4.98. The minimum Gasteiger partial charge on any atom is -0.391 e. The van der Waals surface area contributed by atoms with Crippen LogP contribution >= 0.6 is 15.9 Å². The molecule has 2 N–H and O–H groups in total. The largest absolute Gasteiger partial charge is 0.391 e. The van der Waals surface area contributed by atoms with Crippen molar-refractivity contribution in [3.63, 3.8) is 0 Å². The van der Waals surface area contributed by atoms with Crippen LogP contribution < -0.4 is 5.32 Å². The Morgan fingerprint density at radius 2 is 2.06 bits per heavy atom. The first-order valence-corrected chi connectivity index (χ1v) is 5.98. The smallest absolute Gasteiger partial charge is 0.251 e. The van der Waals surface area contributed by atoms with Gasteiger partial charge in [0.1, 0.15) is 5.82 Å². The van der Waals surface area contributed by atoms with E-state index in [0.29, 0.717) is 4.47 Å². The second-order valence-electron chi connectivity index (χ2n) is 4.51. The van der Waals surface area contributed by atoms with Crippen molar-refractivity contribution in [3.8, 4) is 0 Å². The Labute approximate surface area is 108 Å². The molecule has 0 saturated carbocycles. The molecule has 0 bridgehead atoms. The summed E-state index contributed by atoms with van der Waals surface area (Å²) in [5.41, 5.74) is -0.554. The van der Waals surface area contributed by atoms with E-state index in [1.807, 2.05) is 0 Å². The highest BCUT2D eigenvalue weighted by Gasteiger charge is 2.26. The molecule has 1 rings (SSSR count). The highest BCUT2D eigenvalue weighted by Crippen LogP contribution is 2.16. The molecule has 17 heavy (non-hydrogen) atoms. The Kier molecular flexibility index (Phi) is 4.27. The summed E-state index contributed by atoms with van der Waals surface area (Å²) in [6, 6.07) is 3.95. The van der Waals surface area contributed by atoms with Crippen LogP contribution in [0.4, 0.5) is 4.39 Å². The summed E-state index contributed by atoms with van der Waals surface area (Å²) in [6.07, 6.45) is -0.705. The normalized spacial score (nSPS) is 13.3. The van der Waals surface area contributed by atoms with Gasteiger partial charge in [0.2, 0.25) is 0 Å². The Morgan fingerprint density at radius 3 is 2.53 bits per heavy atom. The number of halogens is 2. The van der Waals surface area contributed by atoms with Gasteiger partial charge >= 0.3 is 0 Å². The molecule has 0 aliphatic heterocycles. The van der Waals surface area contributed by atoms with Crippen molar-refractivity contribution >= 4 is 21.8 Å². The van der Waals surface area contributed by atoms with Crippen LogP contribution in [0.25, 0.3) is 0 Å². The van der Waals surface area contributed by atoms with Gasteiger partial charge in [-0.1, -0.05) is 15.9 Å². The van der Waals surface area contributed by atoms with E-state index in [4.69, 9.17) is 0 Å². The second kappa shape index (κ2) is 5.14. The van der Waals surface area contributed by atoms with E-state index in [0.717, 1.165) is 6.07 Å². The number of amides is 1. The molecule has 0 spiro atoms. The average molecular weight is 304 g/mol. The monoisotopic (exact) mass is 303 g/mol. The Morgan fingerprint density at radius 1 is 1.47 bits per heavy atom. The lowest BCUT2D eigenvalue weighted by molar-refractivity contribution is 0.0709. The number of hydrogen-bond acceptors (Lipinski definition) is 2. The highest BCUT2D eigenvalue weighted by molar-refractivity contribution is 9.10. The minimum absolute atomic E-state index is 0.214. The van der Waals surface area contributed by atoms with Gasteiger partial charge in [-0.25, -0.2) is 4.39 Å². The standard InChI is InChI=1S/C12H15BrFNO2/c1-7(16)12(2,3)15-11(17)8-4-9(13)6-10(14)5-8/h4-7,16H,1-3H3,(H,15,17). The maximum atomic E-state index is 13.1. The lowest BCUT2D eigenvalue weighted by Gasteiger charge is -2.29. The molecule has 94 valence electrons. The van der Waals surface area contributed by atoms with Crippen molar-refractivity contribution in [2.24, 2.45) is 0 Å². The molecule has 0 radical (unpaired) electrons. The fourth-order valence-electron chi connectivity index (χ4n) is 1.15. The van der Waals surface area contributed by atoms with Crippen LogP contribution in [-0.2, 0) is 0 Å². The summed E-state index contributed by atoms with van der Waals surface area (Å²) in [4.78, 5) is 11.9. The Hall–Kier alpha value is -0.940. The van der Waals surface area contributed by atoms with Gasteiger partial charge in [0.15, 0.2) is 0 Å². The van der Waals surface area contributed by atoms with E-state index in [2.05, 4.69) is 21.2 Å². The molecular formula is C12H15BrFNO2. The van der Waals surface area contributed by atoms with Gasteiger partial charge in [0, 0.05) is 10.0 Å². The fraction of sp³-hybridized carbons (Fsp3) is 0.417. The SMILES string of the molecule is CC(O)C(C)(C)NC(=O)c1cc(F)cc(Br)c1. The molecule has 1 aromatic rings. The van der Waals surface area contributed by atoms with Crippen molar-refractivity contribution in [3.05, 3.63) is 34.1 Å². The summed E-state index contributed by atoms with van der Waals surface area (Å²) < 4.78 is 13.6. The number of carbonyl (C=O) groups is 1. The predicted octanol–water partition coefficient (Wildman–Crippen LogP) is 2.48. The van der Waals surface area contributed by atoms with Gasteiger partial charge in [0.05, 0.1) is 11.6 Å². The van der Waals surface area contributed by atoms with Gasteiger partial charge in [-0.2, -0.15) is 0 Å². The van der Waals surface area contributed by atoms with E-state index in [1.165, 1.54) is 12.1 Å². The third-order valence-electron chi connectivity index (χ3n) is 2.60. The second-order valence-corrected chi connectivity index (χ2v) is 5.43. The zero-order chi connectivity index (χ0) is 13.2. The molecule has 0 saturated heterocycles. The zero-order valence-electron chi connectivity index (χ0n) is 9.92. The minimum atomic E-state index is -0.768. The molecular weight excluding hydrogens is 289 g/mol. The van der Waals surface area contributed by atoms with E-state index in [-0.39, 0.29) is 5.56 Å². The van der Waals surface area contributed by atoms with Crippen LogP contribution in [0, 0.1) is 5.82 Å². The average Bonchev–Trinajstić information content (AvgIpc) is 2.15. The first kappa shape index (κ1) is 14.1. The highest BCUT2D eigenvalue weighted by atomic mass is 79.9. The van der Waals surface area contributed by atoms with Gasteiger partial charge in [-0.05, 0) is 39.0 Å². The van der Waals surface area contributed by atoms with Crippen LogP contribution in [0.1, 0.15) is 31.1 Å². The first-order chi connectivity index (χ1) is 7.72. The summed E-state index contributed by atoms with van der Waals surface area (Å²) in [7, 11) is 0. The lowest BCUT2D eigenvalue weighted by atomic mass is 9.98. The molecule has 1 atom stereocenters. The maximum Gasteiger partial charge on any atom is 0.251 e. The predicted molar refractivity (Wildman–Crippen MR) is 67.3 cm³/mol. The molecule has 1 amide bonds. The number of benzene rings is 1.